The summed E-state index contributed by atoms with van der Waals surface area (Å²) < 4.78 is 25.6. The maximum Gasteiger partial charge on any atom is 0.239 e. The predicted molar refractivity (Wildman–Crippen MR) is 84.7 cm³/mol. The summed E-state index contributed by atoms with van der Waals surface area (Å²) in [5, 5.41) is 0. The third kappa shape index (κ3) is 3.88. The first-order chi connectivity index (χ1) is 9.39. The number of nitrogens with two attached hydrogens (primary N) is 1. The van der Waals surface area contributed by atoms with Gasteiger partial charge in [-0.3, -0.25) is 4.79 Å². The van der Waals surface area contributed by atoms with Crippen LogP contribution in [-0.2, 0) is 14.8 Å². The van der Waals surface area contributed by atoms with Crippen molar-refractivity contribution in [2.45, 2.75) is 32.7 Å². The highest BCUT2D eigenvalue weighted by Crippen LogP contribution is 2.37. The van der Waals surface area contributed by atoms with Crippen LogP contribution in [0.25, 0.3) is 0 Å². The van der Waals surface area contributed by atoms with Crippen molar-refractivity contribution in [3.8, 4) is 0 Å². The van der Waals surface area contributed by atoms with Gasteiger partial charge < -0.3 is 10.6 Å². The lowest BCUT2D eigenvalue weighted by Crippen LogP contribution is -2.41. The van der Waals surface area contributed by atoms with E-state index in [0.29, 0.717) is 38.0 Å². The van der Waals surface area contributed by atoms with Crippen molar-refractivity contribution >= 4 is 28.3 Å². The smallest absolute Gasteiger partial charge is 0.239 e. The molecule has 0 radical (unpaired) electrons. The molecule has 8 heteroatoms. The number of hydrogen-bond donors (Lipinski definition) is 1. The quantitative estimate of drug-likeness (QED) is 0.779. The van der Waals surface area contributed by atoms with Gasteiger partial charge in [-0.1, -0.05) is 13.8 Å². The summed E-state index contributed by atoms with van der Waals surface area (Å²) >= 11 is 0. The molecule has 2 aliphatic rings. The molecule has 1 saturated heterocycles. The number of carbonyl (C=O) groups excluding carboxylic acids is 1. The summed E-state index contributed by atoms with van der Waals surface area (Å²) in [6, 6.07) is 0.164. The van der Waals surface area contributed by atoms with E-state index in [1.165, 1.54) is 4.31 Å². The highest BCUT2D eigenvalue weighted by molar-refractivity contribution is 7.89. The van der Waals surface area contributed by atoms with Gasteiger partial charge in [-0.25, -0.2) is 12.7 Å². The van der Waals surface area contributed by atoms with Crippen molar-refractivity contribution in [2.75, 3.05) is 31.9 Å². The fraction of sp³-hybridized carbons (Fsp3) is 0.923. The van der Waals surface area contributed by atoms with Crippen molar-refractivity contribution in [1.82, 2.24) is 9.21 Å². The SMILES string of the molecule is CCN(CC)S(=O)(=O)CC(=O)N1CC2CCC(N)C2C1.Cl. The Balaban J connectivity index is 0.00000220. The molecule has 3 atom stereocenters. The monoisotopic (exact) mass is 339 g/mol. The van der Waals surface area contributed by atoms with Crippen molar-refractivity contribution in [3.63, 3.8) is 0 Å². The molecule has 124 valence electrons. The molecule has 0 aromatic rings. The van der Waals surface area contributed by atoms with Crippen LogP contribution in [0.2, 0.25) is 0 Å². The Morgan fingerprint density at radius 1 is 1.24 bits per heavy atom. The highest BCUT2D eigenvalue weighted by Gasteiger charge is 2.43. The molecule has 3 unspecified atom stereocenters. The Labute approximate surface area is 133 Å². The molecule has 0 aromatic heterocycles. The molecule has 2 fully saturated rings. The van der Waals surface area contributed by atoms with Crippen molar-refractivity contribution < 1.29 is 13.2 Å². The zero-order chi connectivity index (χ0) is 14.9. The Hall–Kier alpha value is -0.370. The number of fused-ring (bicyclic) bond motifs is 1. The molecule has 1 heterocycles. The van der Waals surface area contributed by atoms with Crippen LogP contribution in [-0.4, -0.2) is 61.5 Å². The number of hydrogen-bond acceptors (Lipinski definition) is 4. The summed E-state index contributed by atoms with van der Waals surface area (Å²) in [6.45, 7) is 5.67. The molecular weight excluding hydrogens is 314 g/mol. The predicted octanol–water partition coefficient (Wildman–Crippen LogP) is 0.276. The van der Waals surface area contributed by atoms with Crippen LogP contribution in [0.4, 0.5) is 0 Å². The first kappa shape index (κ1) is 18.7. The van der Waals surface area contributed by atoms with E-state index in [1.807, 2.05) is 0 Å². The molecule has 1 aliphatic carbocycles. The van der Waals surface area contributed by atoms with Gasteiger partial charge in [-0.15, -0.1) is 12.4 Å². The standard InChI is InChI=1S/C13H25N3O3S.ClH/c1-3-16(4-2)20(18,19)9-13(17)15-7-10-5-6-12(14)11(10)8-15;/h10-12H,3-9,14H2,1-2H3;1H. The van der Waals surface area contributed by atoms with Crippen molar-refractivity contribution in [2.24, 2.45) is 17.6 Å². The highest BCUT2D eigenvalue weighted by atomic mass is 35.5. The third-order valence-electron chi connectivity index (χ3n) is 4.67. The van der Waals surface area contributed by atoms with Gasteiger partial charge in [0.2, 0.25) is 15.9 Å². The van der Waals surface area contributed by atoms with E-state index in [4.69, 9.17) is 5.73 Å². The number of likely N-dealkylation sites (tertiary alicyclic amines) is 1. The molecule has 0 spiro atoms. The maximum atomic E-state index is 12.2. The summed E-state index contributed by atoms with van der Waals surface area (Å²) in [5.74, 6) is 0.127. The fourth-order valence-electron chi connectivity index (χ4n) is 3.47. The van der Waals surface area contributed by atoms with Crippen molar-refractivity contribution in [3.05, 3.63) is 0 Å². The summed E-state index contributed by atoms with van der Waals surface area (Å²) in [4.78, 5) is 13.9. The molecule has 0 aromatic carbocycles. The van der Waals surface area contributed by atoms with Gasteiger partial charge in [0, 0.05) is 32.2 Å². The van der Waals surface area contributed by atoms with E-state index in [1.54, 1.807) is 18.7 Å². The van der Waals surface area contributed by atoms with Gasteiger partial charge in [-0.2, -0.15) is 0 Å². The minimum Gasteiger partial charge on any atom is -0.341 e. The van der Waals surface area contributed by atoms with E-state index in [9.17, 15) is 13.2 Å². The number of amides is 1. The fourth-order valence-corrected chi connectivity index (χ4v) is 4.93. The lowest BCUT2D eigenvalue weighted by Gasteiger charge is -2.22. The van der Waals surface area contributed by atoms with Gasteiger partial charge in [0.05, 0.1) is 0 Å². The molecule has 2 N–H and O–H groups in total. The largest absolute Gasteiger partial charge is 0.341 e. The molecule has 21 heavy (non-hydrogen) atoms. The topological polar surface area (TPSA) is 83.7 Å². The Bertz CT molecular complexity index is 467. The van der Waals surface area contributed by atoms with Crippen LogP contribution in [0.3, 0.4) is 0 Å². The Morgan fingerprint density at radius 3 is 2.38 bits per heavy atom. The summed E-state index contributed by atoms with van der Waals surface area (Å²) in [7, 11) is -3.49. The van der Waals surface area contributed by atoms with Gasteiger partial charge in [-0.05, 0) is 24.7 Å². The first-order valence-corrected chi connectivity index (χ1v) is 9.01. The van der Waals surface area contributed by atoms with E-state index < -0.39 is 15.8 Å². The third-order valence-corrected chi connectivity index (χ3v) is 6.58. The van der Waals surface area contributed by atoms with E-state index in [2.05, 4.69) is 0 Å². The molecule has 1 amide bonds. The zero-order valence-corrected chi connectivity index (χ0v) is 14.3. The van der Waals surface area contributed by atoms with Crippen LogP contribution in [0.5, 0.6) is 0 Å². The lowest BCUT2D eigenvalue weighted by molar-refractivity contribution is -0.127. The van der Waals surface area contributed by atoms with E-state index in [0.717, 1.165) is 12.8 Å². The van der Waals surface area contributed by atoms with E-state index in [-0.39, 0.29) is 24.4 Å². The molecule has 6 nitrogen and oxygen atoms in total. The van der Waals surface area contributed by atoms with Crippen LogP contribution >= 0.6 is 12.4 Å². The maximum absolute atomic E-state index is 12.2. The van der Waals surface area contributed by atoms with Crippen LogP contribution in [0.15, 0.2) is 0 Å². The van der Waals surface area contributed by atoms with Gasteiger partial charge >= 0.3 is 0 Å². The number of halogens is 1. The normalized spacial score (nSPS) is 28.6. The average Bonchev–Trinajstić information content (AvgIpc) is 2.92. The first-order valence-electron chi connectivity index (χ1n) is 7.40. The second kappa shape index (κ2) is 7.26. The van der Waals surface area contributed by atoms with Gasteiger partial charge in [0.15, 0.2) is 0 Å². The number of carbonyl (C=O) groups is 1. The Kier molecular flexibility index (Phi) is 6.46. The number of sulfonamides is 1. The summed E-state index contributed by atoms with van der Waals surface area (Å²) in [5.41, 5.74) is 6.04. The van der Waals surface area contributed by atoms with Gasteiger partial charge in [0.1, 0.15) is 5.75 Å². The lowest BCUT2D eigenvalue weighted by atomic mass is 9.98. The van der Waals surface area contributed by atoms with Crippen LogP contribution < -0.4 is 5.73 Å². The minimum atomic E-state index is -3.49. The van der Waals surface area contributed by atoms with E-state index >= 15 is 0 Å². The van der Waals surface area contributed by atoms with Crippen LogP contribution in [0, 0.1) is 11.8 Å². The molecule has 2 rings (SSSR count). The Morgan fingerprint density at radius 2 is 1.86 bits per heavy atom. The molecular formula is C13H26ClN3O3S. The second-order valence-electron chi connectivity index (χ2n) is 5.80. The second-order valence-corrected chi connectivity index (χ2v) is 7.77. The molecule has 1 aliphatic heterocycles. The molecule has 1 saturated carbocycles. The zero-order valence-electron chi connectivity index (χ0n) is 12.7. The summed E-state index contributed by atoms with van der Waals surface area (Å²) in [6.07, 6.45) is 2.08. The number of nitrogens with zero attached hydrogens (tertiary/aromatic N) is 2. The van der Waals surface area contributed by atoms with Crippen LogP contribution in [0.1, 0.15) is 26.7 Å². The number of rotatable bonds is 5. The minimum absolute atomic E-state index is 0. The van der Waals surface area contributed by atoms with Crippen molar-refractivity contribution in [1.29, 1.82) is 0 Å². The average molecular weight is 340 g/mol. The molecule has 0 bridgehead atoms. The van der Waals surface area contributed by atoms with Gasteiger partial charge in [0.25, 0.3) is 0 Å².